The monoisotopic (exact) mass is 271 g/mol. The molecule has 104 valence electrons. The maximum absolute atomic E-state index is 11.8. The molecule has 4 rings (SSSR count). The van der Waals surface area contributed by atoms with E-state index in [1.54, 1.807) is 13.2 Å². The smallest absolute Gasteiger partial charge is 0.162 e. The summed E-state index contributed by atoms with van der Waals surface area (Å²) in [5.74, 6) is 0.946. The van der Waals surface area contributed by atoms with Crippen molar-refractivity contribution in [2.75, 3.05) is 13.7 Å². The normalized spacial score (nSPS) is 33.8. The maximum atomic E-state index is 11.8. The highest BCUT2D eigenvalue weighted by Crippen LogP contribution is 2.54. The number of carbonyl (C=O) groups is 1. The summed E-state index contributed by atoms with van der Waals surface area (Å²) < 4.78 is 5.26. The first-order valence-electron chi connectivity index (χ1n) is 7.01. The van der Waals surface area contributed by atoms with E-state index < -0.39 is 0 Å². The number of hydrogen-bond acceptors (Lipinski definition) is 4. The number of rotatable bonds is 1. The van der Waals surface area contributed by atoms with Gasteiger partial charge in [0.2, 0.25) is 0 Å². The summed E-state index contributed by atoms with van der Waals surface area (Å²) in [7, 11) is 1.57. The fraction of sp³-hybridized carbons (Fsp3) is 0.438. The van der Waals surface area contributed by atoms with E-state index in [2.05, 4.69) is 4.90 Å². The third kappa shape index (κ3) is 1.32. The third-order valence-corrected chi connectivity index (χ3v) is 5.10. The van der Waals surface area contributed by atoms with Crippen LogP contribution < -0.4 is 4.74 Å². The van der Waals surface area contributed by atoms with Crippen molar-refractivity contribution in [3.8, 4) is 11.5 Å². The molecule has 4 heteroatoms. The molecule has 2 aliphatic heterocycles. The van der Waals surface area contributed by atoms with Crippen molar-refractivity contribution in [3.63, 3.8) is 0 Å². The molecule has 2 heterocycles. The first-order chi connectivity index (χ1) is 9.65. The van der Waals surface area contributed by atoms with Crippen molar-refractivity contribution in [3.05, 3.63) is 35.4 Å². The molecular weight excluding hydrogens is 254 g/mol. The van der Waals surface area contributed by atoms with Crippen LogP contribution >= 0.6 is 0 Å². The minimum atomic E-state index is -0.222. The molecule has 1 aliphatic carbocycles. The number of carbonyl (C=O) groups excluding carboxylic acids is 1. The molecule has 3 aliphatic rings. The molecule has 1 unspecified atom stereocenters. The molecule has 4 nitrogen and oxygen atoms in total. The third-order valence-electron chi connectivity index (χ3n) is 5.10. The minimum Gasteiger partial charge on any atom is -0.504 e. The van der Waals surface area contributed by atoms with Crippen LogP contribution in [0.25, 0.3) is 0 Å². The molecule has 1 aromatic rings. The van der Waals surface area contributed by atoms with Gasteiger partial charge in [-0.05, 0) is 24.1 Å². The number of hydrogen-bond donors (Lipinski definition) is 1. The average Bonchev–Trinajstić information content (AvgIpc) is 2.70. The Hall–Kier alpha value is -1.81. The van der Waals surface area contributed by atoms with E-state index in [1.807, 2.05) is 18.2 Å². The van der Waals surface area contributed by atoms with Gasteiger partial charge in [-0.25, -0.2) is 0 Å². The Bertz CT molecular complexity index is 637. The van der Waals surface area contributed by atoms with Crippen LogP contribution in [0.5, 0.6) is 11.5 Å². The zero-order valence-corrected chi connectivity index (χ0v) is 11.4. The van der Waals surface area contributed by atoms with Crippen LogP contribution in [0.15, 0.2) is 24.3 Å². The number of fused-ring (bicyclic) bond motifs is 1. The lowest BCUT2D eigenvalue weighted by Gasteiger charge is -2.44. The number of allylic oxidation sites excluding steroid dienone is 1. The summed E-state index contributed by atoms with van der Waals surface area (Å²) >= 11 is 0. The van der Waals surface area contributed by atoms with E-state index >= 15 is 0 Å². The van der Waals surface area contributed by atoms with E-state index in [0.717, 1.165) is 30.6 Å². The van der Waals surface area contributed by atoms with E-state index in [9.17, 15) is 9.90 Å². The quantitative estimate of drug-likeness (QED) is 0.845. The summed E-state index contributed by atoms with van der Waals surface area (Å²) in [6.45, 7) is 1.78. The number of phenolic OH excluding ortho intramolecular Hbond substituents is 1. The van der Waals surface area contributed by atoms with Gasteiger partial charge in [0.1, 0.15) is 0 Å². The number of ketones is 1. The molecule has 1 aromatic carbocycles. The molecule has 3 atom stereocenters. The number of ether oxygens (including phenoxy) is 1. The lowest BCUT2D eigenvalue weighted by molar-refractivity contribution is -0.116. The lowest BCUT2D eigenvalue weighted by atomic mass is 9.66. The van der Waals surface area contributed by atoms with Gasteiger partial charge < -0.3 is 9.84 Å². The standard InChI is InChI=1S/C16H17NO3/c1-20-12-3-2-10-9-17-7-6-16(14(10)15(12)19)5-4-11(18)8-13(16)17/h2-5,13,19H,6-9H2,1H3/t13-,16+/m1/s1. The number of methoxy groups -OCH3 is 1. The SMILES string of the molecule is COc1ccc2c(c1O)[C@]13C=CC(=O)C[C@H]1N(CC3)C2. The summed E-state index contributed by atoms with van der Waals surface area (Å²) in [5, 5.41) is 10.6. The van der Waals surface area contributed by atoms with Crippen molar-refractivity contribution in [1.82, 2.24) is 4.90 Å². The fourth-order valence-corrected chi connectivity index (χ4v) is 4.20. The van der Waals surface area contributed by atoms with E-state index in [1.165, 1.54) is 0 Å². The predicted molar refractivity (Wildman–Crippen MR) is 73.9 cm³/mol. The van der Waals surface area contributed by atoms with Gasteiger partial charge >= 0.3 is 0 Å². The molecule has 1 saturated heterocycles. The highest BCUT2D eigenvalue weighted by atomic mass is 16.5. The molecule has 0 amide bonds. The zero-order valence-electron chi connectivity index (χ0n) is 11.4. The number of phenols is 1. The van der Waals surface area contributed by atoms with Crippen molar-refractivity contribution in [2.24, 2.45) is 0 Å². The van der Waals surface area contributed by atoms with Gasteiger partial charge in [-0.15, -0.1) is 0 Å². The van der Waals surface area contributed by atoms with Crippen molar-refractivity contribution >= 4 is 5.78 Å². The van der Waals surface area contributed by atoms with E-state index in [0.29, 0.717) is 12.2 Å². The first kappa shape index (κ1) is 12.0. The lowest BCUT2D eigenvalue weighted by Crippen LogP contribution is -2.48. The Kier molecular flexibility index (Phi) is 2.31. The van der Waals surface area contributed by atoms with Gasteiger partial charge in [0, 0.05) is 36.5 Å². The molecule has 2 bridgehead atoms. The zero-order chi connectivity index (χ0) is 13.9. The first-order valence-corrected chi connectivity index (χ1v) is 7.01. The molecule has 0 saturated carbocycles. The Labute approximate surface area is 117 Å². The van der Waals surface area contributed by atoms with Crippen LogP contribution in [0.1, 0.15) is 24.0 Å². The van der Waals surface area contributed by atoms with Gasteiger partial charge in [0.25, 0.3) is 0 Å². The molecule has 0 spiro atoms. The molecule has 1 N–H and O–H groups in total. The second kappa shape index (κ2) is 3.85. The van der Waals surface area contributed by atoms with Gasteiger partial charge in [-0.1, -0.05) is 12.1 Å². The number of nitrogens with zero attached hydrogens (tertiary/aromatic N) is 1. The van der Waals surface area contributed by atoms with Crippen LogP contribution in [0.2, 0.25) is 0 Å². The maximum Gasteiger partial charge on any atom is 0.162 e. The van der Waals surface area contributed by atoms with Gasteiger partial charge in [0.15, 0.2) is 17.3 Å². The Morgan fingerprint density at radius 1 is 1.45 bits per heavy atom. The van der Waals surface area contributed by atoms with Crippen molar-refractivity contribution in [1.29, 1.82) is 0 Å². The van der Waals surface area contributed by atoms with Crippen LogP contribution in [0.3, 0.4) is 0 Å². The second-order valence-electron chi connectivity index (χ2n) is 5.93. The molecular formula is C16H17NO3. The second-order valence-corrected chi connectivity index (χ2v) is 5.93. The summed E-state index contributed by atoms with van der Waals surface area (Å²) in [6.07, 6.45) is 5.20. The minimum absolute atomic E-state index is 0.184. The van der Waals surface area contributed by atoms with Crippen LogP contribution in [0.4, 0.5) is 0 Å². The molecule has 0 radical (unpaired) electrons. The summed E-state index contributed by atoms with van der Waals surface area (Å²) in [5.41, 5.74) is 1.90. The topological polar surface area (TPSA) is 49.8 Å². The number of aromatic hydroxyl groups is 1. The Morgan fingerprint density at radius 2 is 2.30 bits per heavy atom. The molecule has 20 heavy (non-hydrogen) atoms. The van der Waals surface area contributed by atoms with Crippen molar-refractivity contribution in [2.45, 2.75) is 30.8 Å². The molecule has 0 aromatic heterocycles. The van der Waals surface area contributed by atoms with Crippen LogP contribution in [-0.4, -0.2) is 35.5 Å². The highest BCUT2D eigenvalue weighted by molar-refractivity contribution is 5.92. The van der Waals surface area contributed by atoms with E-state index in [4.69, 9.17) is 4.74 Å². The van der Waals surface area contributed by atoms with Crippen molar-refractivity contribution < 1.29 is 14.6 Å². The average molecular weight is 271 g/mol. The fourth-order valence-electron chi connectivity index (χ4n) is 4.20. The Morgan fingerprint density at radius 3 is 3.10 bits per heavy atom. The predicted octanol–water partition coefficient (Wildman–Crippen LogP) is 1.76. The van der Waals surface area contributed by atoms with Gasteiger partial charge in [-0.2, -0.15) is 0 Å². The Balaban J connectivity index is 1.99. The van der Waals surface area contributed by atoms with Gasteiger partial charge in [0.05, 0.1) is 7.11 Å². The summed E-state index contributed by atoms with van der Waals surface area (Å²) in [4.78, 5) is 14.1. The largest absolute Gasteiger partial charge is 0.504 e. The van der Waals surface area contributed by atoms with Crippen LogP contribution in [-0.2, 0) is 16.8 Å². The highest BCUT2D eigenvalue weighted by Gasteiger charge is 2.54. The van der Waals surface area contributed by atoms with E-state index in [-0.39, 0.29) is 23.0 Å². The summed E-state index contributed by atoms with van der Waals surface area (Å²) in [6, 6.07) is 4.04. The van der Waals surface area contributed by atoms with Crippen LogP contribution in [0, 0.1) is 0 Å². The van der Waals surface area contributed by atoms with Gasteiger partial charge in [-0.3, -0.25) is 9.69 Å². The molecule has 1 fully saturated rings. The number of benzene rings is 1.